The number of methoxy groups -OCH3 is 1. The van der Waals surface area contributed by atoms with Crippen LogP contribution in [0.1, 0.15) is 17.7 Å². The number of hydrogen-bond donors (Lipinski definition) is 0. The molecule has 1 unspecified atom stereocenters. The highest BCUT2D eigenvalue weighted by atomic mass is 16.5. The Morgan fingerprint density at radius 1 is 1.69 bits per heavy atom. The molecule has 0 radical (unpaired) electrons. The number of aryl methyl sites for hydroxylation is 1. The lowest BCUT2D eigenvalue weighted by Crippen LogP contribution is -2.52. The Bertz CT molecular complexity index is 400. The van der Waals surface area contributed by atoms with Crippen LogP contribution in [0.15, 0.2) is 6.20 Å². The van der Waals surface area contributed by atoms with Crippen molar-refractivity contribution in [2.24, 2.45) is 7.05 Å². The van der Waals surface area contributed by atoms with Gasteiger partial charge in [0.1, 0.15) is 6.04 Å². The first-order valence-electron chi connectivity index (χ1n) is 5.43. The molecule has 1 aliphatic rings. The molecule has 1 aromatic rings. The lowest BCUT2D eigenvalue weighted by molar-refractivity contribution is -0.152. The van der Waals surface area contributed by atoms with E-state index in [1.807, 2.05) is 24.9 Å². The van der Waals surface area contributed by atoms with Gasteiger partial charge in [0, 0.05) is 31.4 Å². The van der Waals surface area contributed by atoms with E-state index in [4.69, 9.17) is 4.74 Å². The summed E-state index contributed by atoms with van der Waals surface area (Å²) in [6, 6.07) is -0.0652. The number of nitrogens with zero attached hydrogens (tertiary/aromatic N) is 3. The van der Waals surface area contributed by atoms with Crippen molar-refractivity contribution >= 4 is 5.97 Å². The zero-order chi connectivity index (χ0) is 11.7. The predicted octanol–water partition coefficient (Wildman–Crippen LogP) is 0.476. The monoisotopic (exact) mass is 223 g/mol. The number of rotatable bonds is 3. The van der Waals surface area contributed by atoms with Gasteiger partial charge in [0.15, 0.2) is 0 Å². The number of hydrogen-bond acceptors (Lipinski definition) is 4. The van der Waals surface area contributed by atoms with Gasteiger partial charge in [0.05, 0.1) is 13.3 Å². The Hall–Kier alpha value is -1.36. The molecule has 0 aliphatic carbocycles. The van der Waals surface area contributed by atoms with Crippen LogP contribution in [-0.4, -0.2) is 40.3 Å². The van der Waals surface area contributed by atoms with Gasteiger partial charge in [-0.05, 0) is 13.3 Å². The molecule has 2 rings (SSSR count). The van der Waals surface area contributed by atoms with E-state index in [0.29, 0.717) is 0 Å². The van der Waals surface area contributed by atoms with Crippen LogP contribution in [0, 0.1) is 6.92 Å². The molecule has 1 fully saturated rings. The van der Waals surface area contributed by atoms with E-state index in [9.17, 15) is 4.79 Å². The zero-order valence-electron chi connectivity index (χ0n) is 9.93. The number of esters is 1. The predicted molar refractivity (Wildman–Crippen MR) is 58.8 cm³/mol. The number of ether oxygens (including phenoxy) is 1. The van der Waals surface area contributed by atoms with Crippen LogP contribution in [0.3, 0.4) is 0 Å². The zero-order valence-corrected chi connectivity index (χ0v) is 9.93. The van der Waals surface area contributed by atoms with Gasteiger partial charge in [0.25, 0.3) is 0 Å². The first kappa shape index (κ1) is 11.1. The molecule has 0 spiro atoms. The molecule has 5 heteroatoms. The summed E-state index contributed by atoms with van der Waals surface area (Å²) in [6.07, 6.45) is 2.76. The summed E-state index contributed by atoms with van der Waals surface area (Å²) in [5, 5.41) is 4.19. The normalized spacial score (nSPS) is 20.6. The molecule has 16 heavy (non-hydrogen) atoms. The average Bonchev–Trinajstić information content (AvgIpc) is 2.55. The highest BCUT2D eigenvalue weighted by Gasteiger charge is 2.35. The molecule has 0 N–H and O–H groups in total. The Kier molecular flexibility index (Phi) is 2.96. The molecule has 1 aromatic heterocycles. The lowest BCUT2D eigenvalue weighted by Gasteiger charge is -2.38. The molecule has 0 amide bonds. The van der Waals surface area contributed by atoms with Crippen molar-refractivity contribution < 1.29 is 9.53 Å². The first-order valence-corrected chi connectivity index (χ1v) is 5.43. The Morgan fingerprint density at radius 2 is 2.44 bits per heavy atom. The lowest BCUT2D eigenvalue weighted by atomic mass is 10.0. The molecule has 1 aliphatic heterocycles. The van der Waals surface area contributed by atoms with Gasteiger partial charge in [0.2, 0.25) is 0 Å². The second-order valence-corrected chi connectivity index (χ2v) is 4.18. The van der Waals surface area contributed by atoms with Crippen molar-refractivity contribution in [3.05, 3.63) is 17.5 Å². The fraction of sp³-hybridized carbons (Fsp3) is 0.636. The minimum atomic E-state index is -0.132. The van der Waals surface area contributed by atoms with Gasteiger partial charge < -0.3 is 4.74 Å². The van der Waals surface area contributed by atoms with E-state index in [0.717, 1.165) is 25.2 Å². The van der Waals surface area contributed by atoms with Crippen LogP contribution in [0.4, 0.5) is 0 Å². The topological polar surface area (TPSA) is 47.4 Å². The number of likely N-dealkylation sites (tertiary alicyclic amines) is 1. The molecule has 0 aromatic carbocycles. The van der Waals surface area contributed by atoms with Gasteiger partial charge in [-0.2, -0.15) is 5.10 Å². The van der Waals surface area contributed by atoms with Crippen LogP contribution in [-0.2, 0) is 23.1 Å². The molecule has 5 nitrogen and oxygen atoms in total. The van der Waals surface area contributed by atoms with Crippen molar-refractivity contribution in [3.8, 4) is 0 Å². The third kappa shape index (κ3) is 1.82. The van der Waals surface area contributed by atoms with Crippen molar-refractivity contribution in [3.63, 3.8) is 0 Å². The quantitative estimate of drug-likeness (QED) is 0.699. The van der Waals surface area contributed by atoms with E-state index in [1.165, 1.54) is 12.7 Å². The molecule has 88 valence electrons. The van der Waals surface area contributed by atoms with Gasteiger partial charge in [-0.15, -0.1) is 0 Å². The highest BCUT2D eigenvalue weighted by Crippen LogP contribution is 2.22. The number of carbonyl (C=O) groups excluding carboxylic acids is 1. The summed E-state index contributed by atoms with van der Waals surface area (Å²) in [7, 11) is 3.36. The SMILES string of the molecule is COC(=O)C1CCN1Cc1cnn(C)c1C. The van der Waals surface area contributed by atoms with Gasteiger partial charge >= 0.3 is 5.97 Å². The Labute approximate surface area is 95.0 Å². The third-order valence-electron chi connectivity index (χ3n) is 3.31. The van der Waals surface area contributed by atoms with Crippen LogP contribution in [0.2, 0.25) is 0 Å². The van der Waals surface area contributed by atoms with E-state index in [2.05, 4.69) is 10.00 Å². The molecular formula is C11H17N3O2. The van der Waals surface area contributed by atoms with Gasteiger partial charge in [-0.3, -0.25) is 14.4 Å². The van der Waals surface area contributed by atoms with E-state index >= 15 is 0 Å². The largest absolute Gasteiger partial charge is 0.468 e. The summed E-state index contributed by atoms with van der Waals surface area (Å²) < 4.78 is 6.61. The van der Waals surface area contributed by atoms with Gasteiger partial charge in [-0.25, -0.2) is 0 Å². The molecule has 0 saturated carbocycles. The fourth-order valence-corrected chi connectivity index (χ4v) is 1.95. The molecule has 0 bridgehead atoms. The van der Waals surface area contributed by atoms with E-state index in [-0.39, 0.29) is 12.0 Å². The summed E-state index contributed by atoms with van der Waals surface area (Å²) in [5.41, 5.74) is 2.33. The summed E-state index contributed by atoms with van der Waals surface area (Å²) in [4.78, 5) is 13.5. The van der Waals surface area contributed by atoms with Crippen molar-refractivity contribution in [1.29, 1.82) is 0 Å². The minimum absolute atomic E-state index is 0.0652. The van der Waals surface area contributed by atoms with Crippen LogP contribution < -0.4 is 0 Å². The Morgan fingerprint density at radius 3 is 2.88 bits per heavy atom. The number of aromatic nitrogens is 2. The standard InChI is InChI=1S/C11H17N3O2/c1-8-9(6-12-13(8)2)7-14-5-4-10(14)11(15)16-3/h6,10H,4-5,7H2,1-3H3. The summed E-state index contributed by atoms with van der Waals surface area (Å²) in [6.45, 7) is 3.77. The third-order valence-corrected chi connectivity index (χ3v) is 3.31. The highest BCUT2D eigenvalue weighted by molar-refractivity contribution is 5.76. The first-order chi connectivity index (χ1) is 7.63. The molecule has 2 heterocycles. The minimum Gasteiger partial charge on any atom is -0.468 e. The smallest absolute Gasteiger partial charge is 0.323 e. The van der Waals surface area contributed by atoms with Crippen molar-refractivity contribution in [2.75, 3.05) is 13.7 Å². The second kappa shape index (κ2) is 4.25. The Balaban J connectivity index is 2.01. The number of carbonyl (C=O) groups is 1. The second-order valence-electron chi connectivity index (χ2n) is 4.18. The molecule has 1 saturated heterocycles. The maximum Gasteiger partial charge on any atom is 0.323 e. The fourth-order valence-electron chi connectivity index (χ4n) is 1.95. The summed E-state index contributed by atoms with van der Waals surface area (Å²) in [5.74, 6) is -0.132. The molecular weight excluding hydrogens is 206 g/mol. The average molecular weight is 223 g/mol. The van der Waals surface area contributed by atoms with Crippen LogP contribution in [0.5, 0.6) is 0 Å². The van der Waals surface area contributed by atoms with E-state index < -0.39 is 0 Å². The maximum absolute atomic E-state index is 11.4. The van der Waals surface area contributed by atoms with Gasteiger partial charge in [-0.1, -0.05) is 0 Å². The van der Waals surface area contributed by atoms with Crippen molar-refractivity contribution in [2.45, 2.75) is 25.9 Å². The van der Waals surface area contributed by atoms with E-state index in [1.54, 1.807) is 0 Å². The van der Waals surface area contributed by atoms with Crippen LogP contribution >= 0.6 is 0 Å². The maximum atomic E-state index is 11.4. The summed E-state index contributed by atoms with van der Waals surface area (Å²) >= 11 is 0. The van der Waals surface area contributed by atoms with Crippen LogP contribution in [0.25, 0.3) is 0 Å². The molecule has 1 atom stereocenters. The van der Waals surface area contributed by atoms with Crippen molar-refractivity contribution in [1.82, 2.24) is 14.7 Å².